The van der Waals surface area contributed by atoms with Gasteiger partial charge in [0.05, 0.1) is 23.7 Å². The first-order valence-electron chi connectivity index (χ1n) is 12.7. The van der Waals surface area contributed by atoms with Crippen molar-refractivity contribution in [3.8, 4) is 11.5 Å². The molecule has 0 spiro atoms. The molecule has 11 heteroatoms. The molecule has 40 heavy (non-hydrogen) atoms. The summed E-state index contributed by atoms with van der Waals surface area (Å²) in [6, 6.07) is 14.2. The minimum Gasteiger partial charge on any atom is -0.490 e. The SMILES string of the molecule is CCCCc1nc2ccc(Br)cc2c(=O)n1N=Cc1cc(OCC)c(OCC(=O)Nc2ccc(F)cc2)cc1Br. The van der Waals surface area contributed by atoms with E-state index in [1.54, 1.807) is 24.4 Å². The minimum absolute atomic E-state index is 0.262. The van der Waals surface area contributed by atoms with Crippen molar-refractivity contribution in [3.63, 3.8) is 0 Å². The molecular weight excluding hydrogens is 647 g/mol. The average Bonchev–Trinajstić information content (AvgIpc) is 2.93. The van der Waals surface area contributed by atoms with Gasteiger partial charge in [0, 0.05) is 26.6 Å². The highest BCUT2D eigenvalue weighted by Gasteiger charge is 2.14. The van der Waals surface area contributed by atoms with Crippen LogP contribution in [0.5, 0.6) is 11.5 Å². The fourth-order valence-corrected chi connectivity index (χ4v) is 4.62. The summed E-state index contributed by atoms with van der Waals surface area (Å²) in [5.74, 6) is 0.520. The predicted molar refractivity (Wildman–Crippen MR) is 161 cm³/mol. The highest BCUT2D eigenvalue weighted by Crippen LogP contribution is 2.33. The largest absolute Gasteiger partial charge is 0.490 e. The standard InChI is InChI=1S/C29H27Br2FN4O4/c1-3-5-6-27-35-24-12-7-19(30)14-22(24)29(38)36(27)33-16-18-13-25(39-4-2)26(15-23(18)31)40-17-28(37)34-21-10-8-20(32)9-11-21/h7-16H,3-6,17H2,1-2H3,(H,34,37). The average molecular weight is 674 g/mol. The van der Waals surface area contributed by atoms with Crippen molar-refractivity contribution in [2.24, 2.45) is 5.10 Å². The summed E-state index contributed by atoms with van der Waals surface area (Å²) in [7, 11) is 0. The summed E-state index contributed by atoms with van der Waals surface area (Å²) in [5, 5.41) is 7.62. The van der Waals surface area contributed by atoms with Crippen LogP contribution >= 0.6 is 31.9 Å². The summed E-state index contributed by atoms with van der Waals surface area (Å²) in [4.78, 5) is 30.4. The van der Waals surface area contributed by atoms with Crippen LogP contribution in [0.25, 0.3) is 10.9 Å². The number of carbonyl (C=O) groups is 1. The topological polar surface area (TPSA) is 94.8 Å². The minimum atomic E-state index is -0.412. The van der Waals surface area contributed by atoms with Crippen molar-refractivity contribution in [1.82, 2.24) is 9.66 Å². The molecule has 3 aromatic carbocycles. The van der Waals surface area contributed by atoms with Crippen LogP contribution in [-0.4, -0.2) is 35.0 Å². The van der Waals surface area contributed by atoms with Crippen molar-refractivity contribution in [2.75, 3.05) is 18.5 Å². The lowest BCUT2D eigenvalue weighted by molar-refractivity contribution is -0.118. The highest BCUT2D eigenvalue weighted by molar-refractivity contribution is 9.10. The molecule has 0 saturated heterocycles. The zero-order chi connectivity index (χ0) is 28.6. The highest BCUT2D eigenvalue weighted by atomic mass is 79.9. The fourth-order valence-electron chi connectivity index (χ4n) is 3.83. The number of carbonyl (C=O) groups excluding carboxylic acids is 1. The van der Waals surface area contributed by atoms with E-state index in [1.807, 2.05) is 19.1 Å². The van der Waals surface area contributed by atoms with Crippen LogP contribution in [0.2, 0.25) is 0 Å². The van der Waals surface area contributed by atoms with Crippen LogP contribution in [0.4, 0.5) is 10.1 Å². The van der Waals surface area contributed by atoms with E-state index in [-0.39, 0.29) is 12.2 Å². The van der Waals surface area contributed by atoms with Crippen molar-refractivity contribution < 1.29 is 18.7 Å². The van der Waals surface area contributed by atoms with Gasteiger partial charge in [0.2, 0.25) is 0 Å². The predicted octanol–water partition coefficient (Wildman–Crippen LogP) is 6.70. The molecule has 8 nitrogen and oxygen atoms in total. The van der Waals surface area contributed by atoms with E-state index in [0.717, 1.165) is 17.3 Å². The van der Waals surface area contributed by atoms with Crippen LogP contribution < -0.4 is 20.3 Å². The van der Waals surface area contributed by atoms with Crippen molar-refractivity contribution in [1.29, 1.82) is 0 Å². The number of nitrogens with zero attached hydrogens (tertiary/aromatic N) is 3. The number of fused-ring (bicyclic) bond motifs is 1. The molecule has 208 valence electrons. The van der Waals surface area contributed by atoms with Crippen molar-refractivity contribution >= 4 is 60.6 Å². The Morgan fingerprint density at radius 1 is 1.07 bits per heavy atom. The van der Waals surface area contributed by atoms with Crippen LogP contribution in [-0.2, 0) is 11.2 Å². The Labute approximate surface area is 247 Å². The van der Waals surface area contributed by atoms with Gasteiger partial charge in [-0.2, -0.15) is 9.78 Å². The van der Waals surface area contributed by atoms with Gasteiger partial charge in [-0.05, 0) is 83.9 Å². The summed E-state index contributed by atoms with van der Waals surface area (Å²) in [5.41, 5.74) is 1.45. The Kier molecular flexibility index (Phi) is 10.1. The van der Waals surface area contributed by atoms with E-state index in [0.29, 0.717) is 57.0 Å². The molecule has 1 aromatic heterocycles. The summed E-state index contributed by atoms with van der Waals surface area (Å²) < 4.78 is 27.3. The van der Waals surface area contributed by atoms with E-state index < -0.39 is 11.7 Å². The second kappa shape index (κ2) is 13.7. The number of anilines is 1. The lowest BCUT2D eigenvalue weighted by Gasteiger charge is -2.14. The normalized spacial score (nSPS) is 11.2. The third kappa shape index (κ3) is 7.33. The third-order valence-electron chi connectivity index (χ3n) is 5.79. The molecular formula is C29H27Br2FN4O4. The van der Waals surface area contributed by atoms with E-state index in [4.69, 9.17) is 14.5 Å². The quantitative estimate of drug-likeness (QED) is 0.179. The number of unbranched alkanes of at least 4 members (excludes halogenated alkanes) is 1. The monoisotopic (exact) mass is 672 g/mol. The summed E-state index contributed by atoms with van der Waals surface area (Å²) >= 11 is 6.95. The Hall–Kier alpha value is -3.57. The molecule has 0 saturated carbocycles. The summed E-state index contributed by atoms with van der Waals surface area (Å²) in [6.45, 7) is 3.98. The first kappa shape index (κ1) is 29.4. The molecule has 0 aliphatic heterocycles. The Morgan fingerprint density at radius 3 is 2.55 bits per heavy atom. The molecule has 0 bridgehead atoms. The fraction of sp³-hybridized carbons (Fsp3) is 0.241. The van der Waals surface area contributed by atoms with Gasteiger partial charge in [-0.3, -0.25) is 9.59 Å². The molecule has 0 aliphatic rings. The number of amides is 1. The Bertz CT molecular complexity index is 1610. The van der Waals surface area contributed by atoms with Gasteiger partial charge in [-0.25, -0.2) is 9.37 Å². The van der Waals surface area contributed by atoms with Gasteiger partial charge in [-0.1, -0.05) is 29.3 Å². The number of hydrogen-bond donors (Lipinski definition) is 1. The number of halogens is 3. The van der Waals surface area contributed by atoms with E-state index in [1.165, 1.54) is 28.9 Å². The van der Waals surface area contributed by atoms with Crippen LogP contribution in [0.1, 0.15) is 38.1 Å². The second-order valence-corrected chi connectivity index (χ2v) is 10.5. The molecule has 0 atom stereocenters. The lowest BCUT2D eigenvalue weighted by Crippen LogP contribution is -2.22. The molecule has 4 aromatic rings. The number of rotatable bonds is 11. The number of aromatic nitrogens is 2. The second-order valence-electron chi connectivity index (χ2n) is 8.75. The van der Waals surface area contributed by atoms with Crippen LogP contribution in [0.3, 0.4) is 0 Å². The number of hydrogen-bond acceptors (Lipinski definition) is 6. The molecule has 1 heterocycles. The maximum Gasteiger partial charge on any atom is 0.282 e. The number of aryl methyl sites for hydroxylation is 1. The Morgan fingerprint density at radius 2 is 1.82 bits per heavy atom. The van der Waals surface area contributed by atoms with Crippen LogP contribution in [0.15, 0.2) is 73.4 Å². The van der Waals surface area contributed by atoms with Crippen molar-refractivity contribution in [2.45, 2.75) is 33.1 Å². The number of ether oxygens (including phenoxy) is 2. The van der Waals surface area contributed by atoms with E-state index >= 15 is 0 Å². The molecule has 1 amide bonds. The maximum atomic E-state index is 13.4. The number of benzene rings is 3. The summed E-state index contributed by atoms with van der Waals surface area (Å²) in [6.07, 6.45) is 3.97. The Balaban J connectivity index is 1.60. The first-order chi connectivity index (χ1) is 19.3. The molecule has 0 aliphatic carbocycles. The van der Waals surface area contributed by atoms with E-state index in [2.05, 4.69) is 49.2 Å². The lowest BCUT2D eigenvalue weighted by atomic mass is 10.2. The van der Waals surface area contributed by atoms with Gasteiger partial charge < -0.3 is 14.8 Å². The maximum absolute atomic E-state index is 13.4. The van der Waals surface area contributed by atoms with Crippen molar-refractivity contribution in [3.05, 3.63) is 91.1 Å². The third-order valence-corrected chi connectivity index (χ3v) is 6.97. The van der Waals surface area contributed by atoms with Gasteiger partial charge in [-0.15, -0.1) is 0 Å². The van der Waals surface area contributed by atoms with Gasteiger partial charge in [0.15, 0.2) is 18.1 Å². The molecule has 0 radical (unpaired) electrons. The van der Waals surface area contributed by atoms with Gasteiger partial charge in [0.25, 0.3) is 11.5 Å². The smallest absolute Gasteiger partial charge is 0.282 e. The van der Waals surface area contributed by atoms with Gasteiger partial charge in [0.1, 0.15) is 11.6 Å². The molecule has 0 unspecified atom stereocenters. The van der Waals surface area contributed by atoms with E-state index in [9.17, 15) is 14.0 Å². The number of nitrogens with one attached hydrogen (secondary N) is 1. The van der Waals surface area contributed by atoms with Crippen LogP contribution in [0, 0.1) is 5.82 Å². The zero-order valence-electron chi connectivity index (χ0n) is 21.9. The molecule has 0 fully saturated rings. The first-order valence-corrected chi connectivity index (χ1v) is 14.3. The molecule has 1 N–H and O–H groups in total. The molecule has 4 rings (SSSR count). The zero-order valence-corrected chi connectivity index (χ0v) is 25.1. The van der Waals surface area contributed by atoms with Gasteiger partial charge >= 0.3 is 0 Å².